The van der Waals surface area contributed by atoms with Crippen molar-refractivity contribution in [2.24, 2.45) is 11.3 Å². The first kappa shape index (κ1) is 29.2. The third-order valence-electron chi connectivity index (χ3n) is 8.82. The molecule has 0 aromatic carbocycles. The molecule has 4 N–H and O–H groups in total. The van der Waals surface area contributed by atoms with Crippen LogP contribution in [-0.2, 0) is 19.2 Å². The molecule has 1 aliphatic heterocycles. The Morgan fingerprint density at radius 2 is 1.67 bits per heavy atom. The van der Waals surface area contributed by atoms with Crippen LogP contribution in [0.4, 0.5) is 13.6 Å². The highest BCUT2D eigenvalue weighted by Gasteiger charge is 2.51. The Hall–Kier alpha value is -2.79. The van der Waals surface area contributed by atoms with Crippen molar-refractivity contribution in [2.45, 2.75) is 120 Å². The minimum absolute atomic E-state index is 0.121. The Balaban J connectivity index is 1.55. The lowest BCUT2D eigenvalue weighted by molar-refractivity contribution is -0.144. The fraction of sp³-hybridized carbons (Fsp3) is 0.815. The molecule has 12 heteroatoms. The number of likely N-dealkylation sites (tertiary alicyclic amines) is 1. The van der Waals surface area contributed by atoms with E-state index in [1.165, 1.54) is 4.90 Å². The molecule has 2 unspecified atom stereocenters. The van der Waals surface area contributed by atoms with Gasteiger partial charge in [0.25, 0.3) is 5.91 Å². The quantitative estimate of drug-likeness (QED) is 0.289. The molecular formula is C27H40F2N4O6. The van der Waals surface area contributed by atoms with Crippen molar-refractivity contribution in [3.8, 4) is 0 Å². The molecule has 4 aliphatic rings. The number of carboxylic acid groups (broad SMARTS) is 1. The molecular weight excluding hydrogens is 514 g/mol. The lowest BCUT2D eigenvalue weighted by Crippen LogP contribution is -2.58. The van der Waals surface area contributed by atoms with E-state index in [1.807, 2.05) is 0 Å². The second kappa shape index (κ2) is 11.8. The number of carbonyl (C=O) groups excluding carboxylic acids is 4. The zero-order valence-corrected chi connectivity index (χ0v) is 22.5. The molecule has 0 bridgehead atoms. The van der Waals surface area contributed by atoms with Gasteiger partial charge in [-0.15, -0.1) is 0 Å². The van der Waals surface area contributed by atoms with Crippen LogP contribution in [0.25, 0.3) is 0 Å². The Kier molecular flexibility index (Phi) is 8.80. The number of halogens is 2. The predicted octanol–water partition coefficient (Wildman–Crippen LogP) is 2.74. The normalized spacial score (nSPS) is 24.4. The van der Waals surface area contributed by atoms with Crippen LogP contribution < -0.4 is 16.0 Å². The van der Waals surface area contributed by atoms with Gasteiger partial charge >= 0.3 is 6.09 Å². The van der Waals surface area contributed by atoms with Crippen LogP contribution >= 0.6 is 0 Å². The molecule has 3 saturated carbocycles. The third-order valence-corrected chi connectivity index (χ3v) is 8.82. The first-order valence-corrected chi connectivity index (χ1v) is 14.2. The standard InChI is InChI=1S/C27H40F2N4O6/c1-26(28,29)13-10-18(21(34)23(36)30-17-8-9-17)31-22(35)19-14-27(11-3-2-4-12-27)15-33(19)24(37)20(32-25(38)39)16-6-5-7-16/h16-20,32H,2-15H2,1H3,(H,30,36)(H,31,35)(H,38,39)/t18?,19?,20-/m0/s1. The van der Waals surface area contributed by atoms with Crippen molar-refractivity contribution in [1.29, 1.82) is 0 Å². The van der Waals surface area contributed by atoms with E-state index in [4.69, 9.17) is 0 Å². The number of alkyl halides is 2. The number of ketones is 1. The summed E-state index contributed by atoms with van der Waals surface area (Å²) in [6.07, 6.45) is 6.22. The average Bonchev–Trinajstić information content (AvgIpc) is 3.57. The summed E-state index contributed by atoms with van der Waals surface area (Å²) in [6, 6.07) is -3.55. The lowest BCUT2D eigenvalue weighted by atomic mass is 9.72. The van der Waals surface area contributed by atoms with Crippen LogP contribution in [0.5, 0.6) is 0 Å². The number of Topliss-reactive ketones (excluding diaryl/α,β-unsaturated/α-hetero) is 1. The van der Waals surface area contributed by atoms with E-state index in [0.29, 0.717) is 32.7 Å². The topological polar surface area (TPSA) is 145 Å². The lowest BCUT2D eigenvalue weighted by Gasteiger charge is -2.37. The van der Waals surface area contributed by atoms with Crippen LogP contribution in [0.1, 0.15) is 90.4 Å². The molecule has 3 aliphatic carbocycles. The third kappa shape index (κ3) is 7.45. The van der Waals surface area contributed by atoms with Gasteiger partial charge in [-0.1, -0.05) is 25.7 Å². The summed E-state index contributed by atoms with van der Waals surface area (Å²) < 4.78 is 27.4. The summed E-state index contributed by atoms with van der Waals surface area (Å²) in [5, 5.41) is 16.8. The van der Waals surface area contributed by atoms with Crippen LogP contribution in [0.3, 0.4) is 0 Å². The van der Waals surface area contributed by atoms with Gasteiger partial charge in [-0.25, -0.2) is 13.6 Å². The minimum atomic E-state index is -3.10. The van der Waals surface area contributed by atoms with Gasteiger partial charge in [0.1, 0.15) is 12.1 Å². The molecule has 0 aromatic rings. The Labute approximate surface area is 227 Å². The maximum absolute atomic E-state index is 13.8. The fourth-order valence-electron chi connectivity index (χ4n) is 6.23. The smallest absolute Gasteiger partial charge is 0.405 e. The van der Waals surface area contributed by atoms with Crippen LogP contribution in [0.15, 0.2) is 0 Å². The van der Waals surface area contributed by atoms with Crippen LogP contribution in [0.2, 0.25) is 0 Å². The van der Waals surface area contributed by atoms with Crippen molar-refractivity contribution in [3.63, 3.8) is 0 Å². The van der Waals surface area contributed by atoms with E-state index >= 15 is 0 Å². The molecule has 39 heavy (non-hydrogen) atoms. The van der Waals surface area contributed by atoms with Gasteiger partial charge in [0.15, 0.2) is 0 Å². The van der Waals surface area contributed by atoms with Crippen LogP contribution in [0, 0.1) is 11.3 Å². The largest absolute Gasteiger partial charge is 0.465 e. The molecule has 4 rings (SSSR count). The first-order valence-electron chi connectivity index (χ1n) is 14.2. The van der Waals surface area contributed by atoms with Crippen LogP contribution in [-0.4, -0.2) is 76.2 Å². The van der Waals surface area contributed by atoms with Gasteiger partial charge in [0.2, 0.25) is 23.5 Å². The molecule has 218 valence electrons. The maximum atomic E-state index is 13.8. The van der Waals surface area contributed by atoms with E-state index in [0.717, 1.165) is 51.4 Å². The van der Waals surface area contributed by atoms with E-state index in [-0.39, 0.29) is 17.4 Å². The Morgan fingerprint density at radius 3 is 2.21 bits per heavy atom. The van der Waals surface area contributed by atoms with Crippen molar-refractivity contribution in [2.75, 3.05) is 6.54 Å². The average molecular weight is 555 g/mol. The van der Waals surface area contributed by atoms with E-state index < -0.39 is 66.5 Å². The van der Waals surface area contributed by atoms with E-state index in [1.54, 1.807) is 0 Å². The van der Waals surface area contributed by atoms with Gasteiger partial charge < -0.3 is 26.0 Å². The van der Waals surface area contributed by atoms with Gasteiger partial charge in [-0.2, -0.15) is 0 Å². The number of rotatable bonds is 11. The van der Waals surface area contributed by atoms with Crippen molar-refractivity contribution < 1.29 is 37.9 Å². The molecule has 1 heterocycles. The predicted molar refractivity (Wildman–Crippen MR) is 136 cm³/mol. The summed E-state index contributed by atoms with van der Waals surface area (Å²) in [5.74, 6) is -6.31. The van der Waals surface area contributed by atoms with Gasteiger partial charge in [-0.3, -0.25) is 19.2 Å². The second-order valence-corrected chi connectivity index (χ2v) is 12.1. The first-order chi connectivity index (χ1) is 18.4. The van der Waals surface area contributed by atoms with Crippen molar-refractivity contribution >= 4 is 29.6 Å². The monoisotopic (exact) mass is 554 g/mol. The highest BCUT2D eigenvalue weighted by molar-refractivity contribution is 6.38. The number of nitrogens with zero attached hydrogens (tertiary/aromatic N) is 1. The number of carbonyl (C=O) groups is 5. The molecule has 1 saturated heterocycles. The fourth-order valence-corrected chi connectivity index (χ4v) is 6.23. The van der Waals surface area contributed by atoms with Gasteiger partial charge in [0.05, 0.1) is 6.04 Å². The van der Waals surface area contributed by atoms with E-state index in [2.05, 4.69) is 16.0 Å². The minimum Gasteiger partial charge on any atom is -0.465 e. The second-order valence-electron chi connectivity index (χ2n) is 12.1. The van der Waals surface area contributed by atoms with Crippen molar-refractivity contribution in [3.05, 3.63) is 0 Å². The Morgan fingerprint density at radius 1 is 1.00 bits per heavy atom. The summed E-state index contributed by atoms with van der Waals surface area (Å²) in [5.41, 5.74) is -0.303. The summed E-state index contributed by atoms with van der Waals surface area (Å²) in [7, 11) is 0. The number of amides is 4. The Bertz CT molecular complexity index is 972. The molecule has 0 radical (unpaired) electrons. The molecule has 4 fully saturated rings. The van der Waals surface area contributed by atoms with Gasteiger partial charge in [-0.05, 0) is 69.6 Å². The molecule has 4 amide bonds. The highest BCUT2D eigenvalue weighted by Crippen LogP contribution is 2.47. The molecule has 3 atom stereocenters. The van der Waals surface area contributed by atoms with Crippen molar-refractivity contribution in [1.82, 2.24) is 20.9 Å². The maximum Gasteiger partial charge on any atom is 0.405 e. The zero-order valence-electron chi connectivity index (χ0n) is 22.5. The molecule has 10 nitrogen and oxygen atoms in total. The summed E-state index contributed by atoms with van der Waals surface area (Å²) in [4.78, 5) is 65.7. The summed E-state index contributed by atoms with van der Waals surface area (Å²) in [6.45, 7) is 1.00. The summed E-state index contributed by atoms with van der Waals surface area (Å²) >= 11 is 0. The molecule has 1 spiro atoms. The number of hydrogen-bond acceptors (Lipinski definition) is 5. The molecule has 0 aromatic heterocycles. The highest BCUT2D eigenvalue weighted by atomic mass is 19.3. The number of hydrogen-bond donors (Lipinski definition) is 4. The van der Waals surface area contributed by atoms with Gasteiger partial charge in [0, 0.05) is 19.0 Å². The SMILES string of the molecule is CC(F)(F)CCC(NC(=O)C1CC2(CCCCC2)CN1C(=O)[C@@H](NC(=O)O)C1CCC1)C(=O)C(=O)NC1CC1. The zero-order chi connectivity index (χ0) is 28.4. The van der Waals surface area contributed by atoms with E-state index in [9.17, 15) is 37.9 Å². The number of nitrogens with one attached hydrogen (secondary N) is 3.